The van der Waals surface area contributed by atoms with Gasteiger partial charge in [0.2, 0.25) is 0 Å². The fourth-order valence-corrected chi connectivity index (χ4v) is 1.49. The molecule has 86 valence electrons. The summed E-state index contributed by atoms with van der Waals surface area (Å²) >= 11 is 0. The van der Waals surface area contributed by atoms with E-state index < -0.39 is 11.8 Å². The third-order valence-electron chi connectivity index (χ3n) is 2.44. The molecule has 0 unspecified atom stereocenters. The van der Waals surface area contributed by atoms with E-state index in [1.54, 1.807) is 0 Å². The standard InChI is InChI=1S/C11H12FNO3/c1-16-9-5-6(12)4-8(11(14)15)10(9)13-7-2-3-7/h4-5,7,13H,2-3H2,1H3,(H,14,15). The molecule has 0 heterocycles. The summed E-state index contributed by atoms with van der Waals surface area (Å²) in [6.45, 7) is 0. The first-order valence-electron chi connectivity index (χ1n) is 4.99. The molecule has 1 aliphatic carbocycles. The number of methoxy groups -OCH3 is 1. The van der Waals surface area contributed by atoms with Crippen molar-refractivity contribution in [2.45, 2.75) is 18.9 Å². The van der Waals surface area contributed by atoms with Crippen molar-refractivity contribution in [2.75, 3.05) is 12.4 Å². The topological polar surface area (TPSA) is 58.6 Å². The van der Waals surface area contributed by atoms with Crippen LogP contribution in [0.15, 0.2) is 12.1 Å². The molecule has 2 N–H and O–H groups in total. The van der Waals surface area contributed by atoms with Crippen LogP contribution in [0.25, 0.3) is 0 Å². The fourth-order valence-electron chi connectivity index (χ4n) is 1.49. The van der Waals surface area contributed by atoms with Crippen LogP contribution in [0, 0.1) is 5.82 Å². The average molecular weight is 225 g/mol. The van der Waals surface area contributed by atoms with E-state index in [2.05, 4.69) is 5.32 Å². The average Bonchev–Trinajstić information content (AvgIpc) is 3.03. The molecule has 1 saturated carbocycles. The minimum absolute atomic E-state index is 0.0938. The predicted octanol–water partition coefficient (Wildman–Crippen LogP) is 2.11. The Kier molecular flexibility index (Phi) is 2.68. The Hall–Kier alpha value is -1.78. The number of halogens is 1. The Morgan fingerprint density at radius 1 is 1.56 bits per heavy atom. The first-order chi connectivity index (χ1) is 7.61. The normalized spacial score (nSPS) is 14.6. The quantitative estimate of drug-likeness (QED) is 0.823. The molecule has 0 spiro atoms. The van der Waals surface area contributed by atoms with Crippen molar-refractivity contribution < 1.29 is 19.0 Å². The Morgan fingerprint density at radius 2 is 2.25 bits per heavy atom. The molecule has 1 aromatic carbocycles. The van der Waals surface area contributed by atoms with E-state index in [-0.39, 0.29) is 17.4 Å². The van der Waals surface area contributed by atoms with Gasteiger partial charge in [0, 0.05) is 12.1 Å². The van der Waals surface area contributed by atoms with Crippen LogP contribution in [0.1, 0.15) is 23.2 Å². The van der Waals surface area contributed by atoms with Gasteiger partial charge in [0.15, 0.2) is 0 Å². The van der Waals surface area contributed by atoms with Crippen LogP contribution in [0.2, 0.25) is 0 Å². The monoisotopic (exact) mass is 225 g/mol. The maximum Gasteiger partial charge on any atom is 0.338 e. The second-order valence-electron chi connectivity index (χ2n) is 3.75. The van der Waals surface area contributed by atoms with Gasteiger partial charge in [-0.3, -0.25) is 0 Å². The smallest absolute Gasteiger partial charge is 0.338 e. The summed E-state index contributed by atoms with van der Waals surface area (Å²) in [4.78, 5) is 11.0. The highest BCUT2D eigenvalue weighted by Crippen LogP contribution is 2.34. The molecule has 1 aliphatic rings. The number of ether oxygens (including phenoxy) is 1. The van der Waals surface area contributed by atoms with Crippen LogP contribution < -0.4 is 10.1 Å². The largest absolute Gasteiger partial charge is 0.494 e. The van der Waals surface area contributed by atoms with Crippen molar-refractivity contribution in [3.63, 3.8) is 0 Å². The van der Waals surface area contributed by atoms with Crippen LogP contribution in [0.4, 0.5) is 10.1 Å². The third-order valence-corrected chi connectivity index (χ3v) is 2.44. The summed E-state index contributed by atoms with van der Waals surface area (Å²) in [6, 6.07) is 2.45. The summed E-state index contributed by atoms with van der Waals surface area (Å²) in [6.07, 6.45) is 2.00. The van der Waals surface area contributed by atoms with Crippen molar-refractivity contribution in [3.8, 4) is 5.75 Å². The zero-order valence-electron chi connectivity index (χ0n) is 8.79. The zero-order chi connectivity index (χ0) is 11.7. The Morgan fingerprint density at radius 3 is 2.75 bits per heavy atom. The van der Waals surface area contributed by atoms with E-state index in [4.69, 9.17) is 9.84 Å². The van der Waals surface area contributed by atoms with E-state index in [0.717, 1.165) is 18.9 Å². The molecular weight excluding hydrogens is 213 g/mol. The molecule has 1 aromatic rings. The molecule has 0 amide bonds. The van der Waals surface area contributed by atoms with Crippen molar-refractivity contribution in [1.82, 2.24) is 0 Å². The lowest BCUT2D eigenvalue weighted by Crippen LogP contribution is -2.10. The Balaban J connectivity index is 2.45. The first-order valence-corrected chi connectivity index (χ1v) is 4.99. The van der Waals surface area contributed by atoms with Crippen molar-refractivity contribution in [3.05, 3.63) is 23.5 Å². The lowest BCUT2D eigenvalue weighted by atomic mass is 10.1. The summed E-state index contributed by atoms with van der Waals surface area (Å²) in [7, 11) is 1.39. The zero-order valence-corrected chi connectivity index (χ0v) is 8.79. The van der Waals surface area contributed by atoms with Crippen LogP contribution >= 0.6 is 0 Å². The minimum atomic E-state index is -1.17. The molecule has 4 nitrogen and oxygen atoms in total. The van der Waals surface area contributed by atoms with Gasteiger partial charge in [0.1, 0.15) is 11.6 Å². The molecular formula is C11H12FNO3. The van der Waals surface area contributed by atoms with Crippen LogP contribution in [0.3, 0.4) is 0 Å². The molecule has 0 radical (unpaired) electrons. The molecule has 0 aromatic heterocycles. The number of benzene rings is 1. The molecule has 0 saturated heterocycles. The Bertz CT molecular complexity index is 429. The fraction of sp³-hybridized carbons (Fsp3) is 0.364. The number of hydrogen-bond donors (Lipinski definition) is 2. The second-order valence-corrected chi connectivity index (χ2v) is 3.75. The first kappa shape index (κ1) is 10.7. The summed E-state index contributed by atoms with van der Waals surface area (Å²) in [5.41, 5.74) is 0.266. The SMILES string of the molecule is COc1cc(F)cc(C(=O)O)c1NC1CC1. The van der Waals surface area contributed by atoms with Gasteiger partial charge < -0.3 is 15.2 Å². The van der Waals surface area contributed by atoms with E-state index in [0.29, 0.717) is 5.69 Å². The van der Waals surface area contributed by atoms with Crippen LogP contribution in [0.5, 0.6) is 5.75 Å². The molecule has 0 bridgehead atoms. The lowest BCUT2D eigenvalue weighted by Gasteiger charge is -2.13. The van der Waals surface area contributed by atoms with E-state index in [1.807, 2.05) is 0 Å². The predicted molar refractivity (Wildman–Crippen MR) is 56.6 cm³/mol. The van der Waals surface area contributed by atoms with Gasteiger partial charge in [-0.25, -0.2) is 9.18 Å². The van der Waals surface area contributed by atoms with Gasteiger partial charge >= 0.3 is 5.97 Å². The highest BCUT2D eigenvalue weighted by atomic mass is 19.1. The number of aromatic carboxylic acids is 1. The van der Waals surface area contributed by atoms with Gasteiger partial charge in [0.05, 0.1) is 18.4 Å². The van der Waals surface area contributed by atoms with Crippen LogP contribution in [-0.2, 0) is 0 Å². The van der Waals surface area contributed by atoms with Gasteiger partial charge in [-0.05, 0) is 18.9 Å². The van der Waals surface area contributed by atoms with Crippen LogP contribution in [-0.4, -0.2) is 24.2 Å². The Labute approximate surface area is 92.0 Å². The van der Waals surface area contributed by atoms with Crippen molar-refractivity contribution in [2.24, 2.45) is 0 Å². The third kappa shape index (κ3) is 2.08. The number of nitrogens with one attached hydrogen (secondary N) is 1. The maximum atomic E-state index is 13.1. The number of rotatable bonds is 4. The maximum absolute atomic E-state index is 13.1. The number of carboxylic acids is 1. The molecule has 16 heavy (non-hydrogen) atoms. The molecule has 1 fully saturated rings. The summed E-state index contributed by atoms with van der Waals surface area (Å²) in [5, 5.41) is 12.0. The molecule has 5 heteroatoms. The van der Waals surface area contributed by atoms with Gasteiger partial charge in [-0.2, -0.15) is 0 Å². The van der Waals surface area contributed by atoms with Gasteiger partial charge in [-0.15, -0.1) is 0 Å². The molecule has 2 rings (SSSR count). The van der Waals surface area contributed by atoms with Crippen molar-refractivity contribution >= 4 is 11.7 Å². The minimum Gasteiger partial charge on any atom is -0.494 e. The number of hydrogen-bond acceptors (Lipinski definition) is 3. The molecule has 0 aliphatic heterocycles. The highest BCUT2D eigenvalue weighted by Gasteiger charge is 2.26. The van der Waals surface area contributed by atoms with Gasteiger partial charge in [-0.1, -0.05) is 0 Å². The van der Waals surface area contributed by atoms with E-state index in [1.165, 1.54) is 13.2 Å². The van der Waals surface area contributed by atoms with E-state index in [9.17, 15) is 9.18 Å². The lowest BCUT2D eigenvalue weighted by molar-refractivity contribution is 0.0697. The summed E-state index contributed by atoms with van der Waals surface area (Å²) < 4.78 is 18.1. The second kappa shape index (κ2) is 4.00. The highest BCUT2D eigenvalue weighted by molar-refractivity contribution is 5.96. The molecule has 0 atom stereocenters. The van der Waals surface area contributed by atoms with Gasteiger partial charge in [0.25, 0.3) is 0 Å². The number of carboxylic acid groups (broad SMARTS) is 1. The number of anilines is 1. The summed E-state index contributed by atoms with van der Waals surface area (Å²) in [5.74, 6) is -1.55. The van der Waals surface area contributed by atoms with E-state index >= 15 is 0 Å². The number of carbonyl (C=O) groups is 1. The van der Waals surface area contributed by atoms with Crippen molar-refractivity contribution in [1.29, 1.82) is 0 Å².